The lowest BCUT2D eigenvalue weighted by Gasteiger charge is -2.38. The van der Waals surface area contributed by atoms with Crippen LogP contribution in [0.5, 0.6) is 0 Å². The van der Waals surface area contributed by atoms with Gasteiger partial charge < -0.3 is 19.7 Å². The van der Waals surface area contributed by atoms with Gasteiger partial charge in [0.1, 0.15) is 33.4 Å². The summed E-state index contributed by atoms with van der Waals surface area (Å²) >= 11 is 1.36. The van der Waals surface area contributed by atoms with Crippen LogP contribution in [0.2, 0.25) is 0 Å². The SMILES string of the molecule is C#C.C/C=C\CC.Cc1ccc(S(=O)N2CC(=O)N(Cc3ccc(C(=N)N(C)CC=O)cc3)C(C(=O)O)C2)s1. The van der Waals surface area contributed by atoms with Crippen molar-refractivity contribution in [2.75, 3.05) is 26.7 Å². The highest BCUT2D eigenvalue weighted by atomic mass is 32.2. The maximum absolute atomic E-state index is 12.8. The summed E-state index contributed by atoms with van der Waals surface area (Å²) in [4.78, 5) is 39.1. The second-order valence-corrected chi connectivity index (χ2v) is 11.4. The van der Waals surface area contributed by atoms with Crippen LogP contribution in [-0.2, 0) is 31.9 Å². The van der Waals surface area contributed by atoms with Gasteiger partial charge in [0.05, 0.1) is 13.1 Å². The zero-order chi connectivity index (χ0) is 29.5. The first kappa shape index (κ1) is 33.4. The summed E-state index contributed by atoms with van der Waals surface area (Å²) in [5.41, 5.74) is 1.31. The van der Waals surface area contributed by atoms with Crippen LogP contribution in [0.4, 0.5) is 0 Å². The molecule has 2 atom stereocenters. The first-order valence-electron chi connectivity index (χ1n) is 12.2. The third kappa shape index (κ3) is 9.90. The van der Waals surface area contributed by atoms with Crippen LogP contribution in [0.25, 0.3) is 0 Å². The van der Waals surface area contributed by atoms with Crippen molar-refractivity contribution in [3.8, 4) is 12.8 Å². The summed E-state index contributed by atoms with van der Waals surface area (Å²) in [6.45, 7) is 6.07. The number of rotatable bonds is 9. The molecule has 2 heterocycles. The normalized spacial score (nSPS) is 15.9. The van der Waals surface area contributed by atoms with Crippen LogP contribution < -0.4 is 0 Å². The van der Waals surface area contributed by atoms with Crippen LogP contribution >= 0.6 is 11.3 Å². The van der Waals surface area contributed by atoms with Crippen molar-refractivity contribution in [2.24, 2.45) is 0 Å². The quantitative estimate of drug-likeness (QED) is 0.156. The van der Waals surface area contributed by atoms with Gasteiger partial charge in [0.2, 0.25) is 5.91 Å². The molecule has 0 radical (unpaired) electrons. The zero-order valence-electron chi connectivity index (χ0n) is 22.7. The lowest BCUT2D eigenvalue weighted by Crippen LogP contribution is -2.59. The number of nitrogens with one attached hydrogen (secondary N) is 1. The molecule has 11 heteroatoms. The van der Waals surface area contributed by atoms with E-state index in [4.69, 9.17) is 5.41 Å². The van der Waals surface area contributed by atoms with E-state index in [2.05, 4.69) is 31.9 Å². The predicted octanol–water partition coefficient (Wildman–Crippen LogP) is 3.55. The van der Waals surface area contributed by atoms with Crippen LogP contribution in [0, 0.1) is 25.2 Å². The fourth-order valence-corrected chi connectivity index (χ4v) is 6.09. The molecule has 0 aliphatic carbocycles. The first-order chi connectivity index (χ1) is 18.6. The number of amidine groups is 1. The Morgan fingerprint density at radius 2 is 1.90 bits per heavy atom. The third-order valence-electron chi connectivity index (χ3n) is 5.57. The molecule has 1 saturated heterocycles. The molecule has 1 fully saturated rings. The predicted molar refractivity (Wildman–Crippen MR) is 156 cm³/mol. The molecular formula is C28H36N4O5S2. The number of allylic oxidation sites excluding steroid dienone is 2. The van der Waals surface area contributed by atoms with Gasteiger partial charge in [-0.05, 0) is 38.0 Å². The summed E-state index contributed by atoms with van der Waals surface area (Å²) in [6, 6.07) is 9.29. The Bertz CT molecular complexity index is 1190. The van der Waals surface area contributed by atoms with E-state index in [0.29, 0.717) is 21.6 Å². The highest BCUT2D eigenvalue weighted by Crippen LogP contribution is 2.24. The monoisotopic (exact) mass is 572 g/mol. The van der Waals surface area contributed by atoms with Crippen LogP contribution in [-0.4, -0.2) is 80.1 Å². The highest BCUT2D eigenvalue weighted by Gasteiger charge is 2.39. The average Bonchev–Trinajstić information content (AvgIpc) is 3.37. The zero-order valence-corrected chi connectivity index (χ0v) is 24.3. The molecule has 1 amide bonds. The Hall–Kier alpha value is -3.59. The molecule has 1 aromatic heterocycles. The summed E-state index contributed by atoms with van der Waals surface area (Å²) in [5, 5.41) is 17.8. The molecule has 1 aliphatic rings. The molecule has 2 aromatic rings. The van der Waals surface area contributed by atoms with Gasteiger partial charge in [0.15, 0.2) is 0 Å². The molecule has 0 spiro atoms. The van der Waals surface area contributed by atoms with Gasteiger partial charge in [-0.15, -0.1) is 24.2 Å². The minimum atomic E-state index is -1.60. The maximum Gasteiger partial charge on any atom is 0.327 e. The number of piperazine rings is 1. The van der Waals surface area contributed by atoms with Gasteiger partial charge in [0.25, 0.3) is 0 Å². The summed E-state index contributed by atoms with van der Waals surface area (Å²) in [7, 11) is 0.0454. The number of aliphatic carboxylic acids is 1. The Kier molecular flexibility index (Phi) is 14.7. The summed E-state index contributed by atoms with van der Waals surface area (Å²) in [6.07, 6.45) is 14.1. The molecule has 0 saturated carbocycles. The second kappa shape index (κ2) is 17.1. The second-order valence-electron chi connectivity index (χ2n) is 8.38. The molecule has 3 rings (SSSR count). The molecule has 210 valence electrons. The number of hydrogen-bond donors (Lipinski definition) is 2. The lowest BCUT2D eigenvalue weighted by molar-refractivity contribution is -0.154. The van der Waals surface area contributed by atoms with E-state index in [1.807, 2.05) is 19.9 Å². The summed E-state index contributed by atoms with van der Waals surface area (Å²) < 4.78 is 14.8. The van der Waals surface area contributed by atoms with E-state index in [1.165, 1.54) is 25.4 Å². The van der Waals surface area contributed by atoms with Gasteiger partial charge in [-0.2, -0.15) is 0 Å². The van der Waals surface area contributed by atoms with Crippen molar-refractivity contribution in [3.05, 3.63) is 64.6 Å². The fourth-order valence-electron chi connectivity index (χ4n) is 3.56. The number of hydrogen-bond acceptors (Lipinski definition) is 6. The number of carbonyl (C=O) groups excluding carboxylic acids is 2. The third-order valence-corrected chi connectivity index (χ3v) is 8.27. The molecule has 2 unspecified atom stereocenters. The molecule has 0 bridgehead atoms. The first-order valence-corrected chi connectivity index (χ1v) is 14.1. The largest absolute Gasteiger partial charge is 0.480 e. The number of thiophene rings is 1. The van der Waals surface area contributed by atoms with Crippen molar-refractivity contribution in [3.63, 3.8) is 0 Å². The fraction of sp³-hybridized carbons (Fsp3) is 0.357. The number of aldehydes is 1. The highest BCUT2D eigenvalue weighted by molar-refractivity contribution is 7.85. The van der Waals surface area contributed by atoms with E-state index < -0.39 is 28.9 Å². The van der Waals surface area contributed by atoms with Crippen molar-refractivity contribution in [1.82, 2.24) is 14.1 Å². The van der Waals surface area contributed by atoms with Crippen molar-refractivity contribution < 1.29 is 23.7 Å². The van der Waals surface area contributed by atoms with Crippen LogP contribution in [0.15, 0.2) is 52.8 Å². The Morgan fingerprint density at radius 1 is 1.26 bits per heavy atom. The smallest absolute Gasteiger partial charge is 0.327 e. The Morgan fingerprint density at radius 3 is 2.36 bits per heavy atom. The van der Waals surface area contributed by atoms with Gasteiger partial charge in [-0.1, -0.05) is 43.3 Å². The number of carboxylic acids is 1. The van der Waals surface area contributed by atoms with E-state index in [-0.39, 0.29) is 32.0 Å². The van der Waals surface area contributed by atoms with Gasteiger partial charge in [0, 0.05) is 30.6 Å². The molecule has 39 heavy (non-hydrogen) atoms. The van der Waals surface area contributed by atoms with Crippen molar-refractivity contribution >= 4 is 46.3 Å². The molecule has 1 aromatic carbocycles. The minimum Gasteiger partial charge on any atom is -0.480 e. The number of benzene rings is 1. The maximum atomic E-state index is 12.8. The van der Waals surface area contributed by atoms with E-state index >= 15 is 0 Å². The number of terminal acetylenes is 1. The molecular weight excluding hydrogens is 536 g/mol. The van der Waals surface area contributed by atoms with Crippen LogP contribution in [0.3, 0.4) is 0 Å². The standard InChI is InChI=1S/C21H24N4O5S2.C5H10.C2H2/c1-14-3-8-19(31-14)32(30)24-12-17(21(28)29)25(18(27)13-24)11-15-4-6-16(7-5-15)20(22)23(2)9-10-26;1-3-5-4-2;1-2/h3-8,10,17,22H,9,11-13H2,1-2H3,(H,28,29);3,5H,4H2,1-2H3;1-2H/b;5-3-;. The topological polar surface area (TPSA) is 122 Å². The van der Waals surface area contributed by atoms with Gasteiger partial charge in [-0.3, -0.25) is 10.2 Å². The molecule has 9 nitrogen and oxygen atoms in total. The van der Waals surface area contributed by atoms with E-state index in [0.717, 1.165) is 11.3 Å². The number of carbonyl (C=O) groups is 3. The van der Waals surface area contributed by atoms with Gasteiger partial charge in [-0.25, -0.2) is 13.3 Å². The lowest BCUT2D eigenvalue weighted by atomic mass is 10.1. The Labute approximate surface area is 237 Å². The van der Waals surface area contributed by atoms with E-state index in [9.17, 15) is 23.7 Å². The van der Waals surface area contributed by atoms with Crippen molar-refractivity contribution in [1.29, 1.82) is 5.41 Å². The number of likely N-dealkylation sites (N-methyl/N-ethyl adjacent to an activating group) is 1. The van der Waals surface area contributed by atoms with Gasteiger partial charge >= 0.3 is 5.97 Å². The summed E-state index contributed by atoms with van der Waals surface area (Å²) in [5.74, 6) is -1.38. The number of carboxylic acid groups (broad SMARTS) is 1. The van der Waals surface area contributed by atoms with Crippen LogP contribution in [0.1, 0.15) is 36.3 Å². The number of nitrogens with zero attached hydrogens (tertiary/aromatic N) is 3. The Balaban J connectivity index is 0.000000975. The van der Waals surface area contributed by atoms with E-state index in [1.54, 1.807) is 37.4 Å². The number of amides is 1. The van der Waals surface area contributed by atoms with Crippen molar-refractivity contribution in [2.45, 2.75) is 44.0 Å². The molecule has 1 aliphatic heterocycles. The average molecular weight is 573 g/mol. The number of aryl methyl sites for hydroxylation is 1. The minimum absolute atomic E-state index is 0.0378. The molecule has 2 N–H and O–H groups in total.